The second kappa shape index (κ2) is 17.2. The van der Waals surface area contributed by atoms with Gasteiger partial charge in [0.2, 0.25) is 0 Å². The van der Waals surface area contributed by atoms with Crippen molar-refractivity contribution in [3.05, 3.63) is 107 Å². The number of hydrogen-bond donors (Lipinski definition) is 3. The van der Waals surface area contributed by atoms with E-state index < -0.39 is 35.4 Å². The van der Waals surface area contributed by atoms with Gasteiger partial charge in [-0.2, -0.15) is 0 Å². The second-order valence-corrected chi connectivity index (χ2v) is 13.5. The molecule has 3 N–H and O–H groups in total. The van der Waals surface area contributed by atoms with Gasteiger partial charge in [-0.1, -0.05) is 31.2 Å². The number of carboxylic acids is 2. The topological polar surface area (TPSA) is 173 Å². The third kappa shape index (κ3) is 9.99. The molecule has 274 valence electrons. The van der Waals surface area contributed by atoms with Gasteiger partial charge in [-0.15, -0.1) is 11.3 Å². The first-order chi connectivity index (χ1) is 25.4. The lowest BCUT2D eigenvalue weighted by Gasteiger charge is -2.14. The number of ether oxygens (including phenoxy) is 1. The maximum atomic E-state index is 15.2. The monoisotopic (exact) mass is 743 g/mol. The van der Waals surface area contributed by atoms with Crippen LogP contribution in [0.3, 0.4) is 0 Å². The van der Waals surface area contributed by atoms with Gasteiger partial charge in [0.15, 0.2) is 23.1 Å². The van der Waals surface area contributed by atoms with E-state index in [4.69, 9.17) is 14.9 Å². The number of nitrogens with one attached hydrogen (secondary N) is 1. The van der Waals surface area contributed by atoms with Crippen molar-refractivity contribution >= 4 is 50.8 Å². The van der Waals surface area contributed by atoms with Gasteiger partial charge >= 0.3 is 11.9 Å². The fraction of sp³-hybridized carbons (Fsp3) is 0.256. The first kappa shape index (κ1) is 38.5. The van der Waals surface area contributed by atoms with Crippen LogP contribution in [0.15, 0.2) is 79.1 Å². The van der Waals surface area contributed by atoms with Gasteiger partial charge < -0.3 is 20.3 Å². The summed E-state index contributed by atoms with van der Waals surface area (Å²) < 4.78 is 35.2. The first-order valence-electron chi connectivity index (χ1n) is 16.7. The predicted octanol–water partition coefficient (Wildman–Crippen LogP) is 6.75. The molecule has 0 atom stereocenters. The summed E-state index contributed by atoms with van der Waals surface area (Å²) >= 11 is 1.47. The summed E-state index contributed by atoms with van der Waals surface area (Å²) in [6.07, 6.45) is 4.57. The van der Waals surface area contributed by atoms with Crippen molar-refractivity contribution in [2.24, 2.45) is 5.41 Å². The summed E-state index contributed by atoms with van der Waals surface area (Å²) in [4.78, 5) is 65.4. The Balaban J connectivity index is 0.000000534. The van der Waals surface area contributed by atoms with E-state index in [1.165, 1.54) is 35.6 Å². The molecular formula is C39H35F2N3O8S. The molecule has 0 bridgehead atoms. The molecule has 11 nitrogen and oxygen atoms in total. The summed E-state index contributed by atoms with van der Waals surface area (Å²) in [6.45, 7) is 3.85. The minimum Gasteiger partial charge on any atom is -0.481 e. The van der Waals surface area contributed by atoms with E-state index in [2.05, 4.69) is 28.3 Å². The number of halogens is 2. The number of rotatable bonds is 16. The van der Waals surface area contributed by atoms with Crippen LogP contribution in [-0.4, -0.2) is 56.0 Å². The van der Waals surface area contributed by atoms with Crippen molar-refractivity contribution in [3.63, 3.8) is 0 Å². The molecule has 6 rings (SSSR count). The molecule has 0 saturated heterocycles. The quantitative estimate of drug-likeness (QED) is 0.0555. The summed E-state index contributed by atoms with van der Waals surface area (Å²) in [6, 6.07) is 17.8. The van der Waals surface area contributed by atoms with Crippen molar-refractivity contribution < 1.29 is 47.7 Å². The van der Waals surface area contributed by atoms with Crippen LogP contribution < -0.4 is 10.1 Å². The van der Waals surface area contributed by atoms with Crippen molar-refractivity contribution in [1.82, 2.24) is 15.3 Å². The molecule has 1 aliphatic carbocycles. The molecule has 14 heteroatoms. The summed E-state index contributed by atoms with van der Waals surface area (Å²) in [5.41, 5.74) is 2.74. The zero-order chi connectivity index (χ0) is 38.1. The number of hydrogen-bond acceptors (Lipinski definition) is 10. The van der Waals surface area contributed by atoms with Crippen LogP contribution in [0.1, 0.15) is 49.3 Å². The van der Waals surface area contributed by atoms with Crippen LogP contribution in [0.4, 0.5) is 8.78 Å². The Labute approximate surface area is 306 Å². The Morgan fingerprint density at radius 2 is 1.53 bits per heavy atom. The number of aromatic nitrogens is 2. The van der Waals surface area contributed by atoms with Gasteiger partial charge in [0, 0.05) is 37.8 Å². The van der Waals surface area contributed by atoms with Gasteiger partial charge in [0.25, 0.3) is 5.78 Å². The van der Waals surface area contributed by atoms with E-state index in [9.17, 15) is 28.4 Å². The number of carbonyl (C=O) groups is 5. The highest BCUT2D eigenvalue weighted by Gasteiger charge is 2.54. The number of fused-ring (bicyclic) bond motifs is 1. The zero-order valence-electron chi connectivity index (χ0n) is 28.6. The van der Waals surface area contributed by atoms with Gasteiger partial charge in [0.05, 0.1) is 26.2 Å². The molecule has 3 aromatic heterocycles. The third-order valence-electron chi connectivity index (χ3n) is 8.44. The van der Waals surface area contributed by atoms with Crippen LogP contribution in [-0.2, 0) is 43.4 Å². The zero-order valence-corrected chi connectivity index (χ0v) is 29.4. The highest BCUT2D eigenvalue weighted by Crippen LogP contribution is 2.49. The normalized spacial score (nSPS) is 12.7. The van der Waals surface area contributed by atoms with E-state index in [-0.39, 0.29) is 36.0 Å². The Bertz CT molecular complexity index is 2150. The Kier molecular flexibility index (Phi) is 12.5. The van der Waals surface area contributed by atoms with Crippen molar-refractivity contribution in [1.29, 1.82) is 0 Å². The van der Waals surface area contributed by atoms with Gasteiger partial charge in [0.1, 0.15) is 18.0 Å². The molecule has 0 unspecified atom stereocenters. The first-order valence-corrected chi connectivity index (χ1v) is 17.5. The summed E-state index contributed by atoms with van der Waals surface area (Å²) in [5, 5.41) is 19.0. The number of aliphatic carboxylic acids is 2. The van der Waals surface area contributed by atoms with E-state index in [1.807, 2.05) is 18.3 Å². The average Bonchev–Trinajstić information content (AvgIpc) is 3.83. The van der Waals surface area contributed by atoms with E-state index in [1.54, 1.807) is 30.5 Å². The molecule has 1 saturated carbocycles. The third-order valence-corrected chi connectivity index (χ3v) is 9.60. The van der Waals surface area contributed by atoms with Crippen LogP contribution in [0.2, 0.25) is 0 Å². The molecule has 0 spiro atoms. The lowest BCUT2D eigenvalue weighted by molar-refractivity contribution is -0.152. The highest BCUT2D eigenvalue weighted by atomic mass is 32.1. The number of ketones is 3. The van der Waals surface area contributed by atoms with Crippen LogP contribution >= 0.6 is 11.3 Å². The number of nitrogens with zero attached hydrogens (tertiary/aromatic N) is 2. The highest BCUT2D eigenvalue weighted by molar-refractivity contribution is 7.22. The standard InChI is InChI=1S/C35H31F2N3O3S.C4H4O5/c1-2-14-38-20-24-5-9-27(40-21-24)31-19-28-34(44-31)30(11-15-39-28)43-29-10-6-23(16-26(29)37)18-33(42)35(12-13-35)32(41)17-22-3-7-25(36)8-4-22;5-2(4(8)9)1-3(6)7/h3-11,15-16,19,21,38H,2,12-14,17-18,20H2,1H3;1H2,(H,6,7)(H,8,9). The van der Waals surface area contributed by atoms with E-state index in [0.29, 0.717) is 29.7 Å². The summed E-state index contributed by atoms with van der Waals surface area (Å²) in [7, 11) is 0. The maximum absolute atomic E-state index is 15.2. The maximum Gasteiger partial charge on any atom is 0.372 e. The number of thiophene rings is 1. The van der Waals surface area contributed by atoms with Gasteiger partial charge in [-0.05, 0) is 78.9 Å². The van der Waals surface area contributed by atoms with Crippen molar-refractivity contribution in [2.75, 3.05) is 6.54 Å². The Morgan fingerprint density at radius 1 is 0.849 bits per heavy atom. The minimum atomic E-state index is -1.71. The predicted molar refractivity (Wildman–Crippen MR) is 192 cm³/mol. The second-order valence-electron chi connectivity index (χ2n) is 12.4. The Morgan fingerprint density at radius 3 is 2.11 bits per heavy atom. The molecule has 3 heterocycles. The minimum absolute atomic E-state index is 0.0271. The van der Waals surface area contributed by atoms with Crippen LogP contribution in [0.25, 0.3) is 20.8 Å². The van der Waals surface area contributed by atoms with E-state index >= 15 is 4.39 Å². The molecular weight excluding hydrogens is 709 g/mol. The molecule has 0 aliphatic heterocycles. The number of carbonyl (C=O) groups excluding carboxylic acids is 3. The fourth-order valence-electron chi connectivity index (χ4n) is 5.42. The van der Waals surface area contributed by atoms with E-state index in [0.717, 1.165) is 45.9 Å². The molecule has 2 aromatic carbocycles. The van der Waals surface area contributed by atoms with Crippen LogP contribution in [0.5, 0.6) is 11.5 Å². The molecule has 5 aromatic rings. The lowest BCUT2D eigenvalue weighted by atomic mass is 9.88. The van der Waals surface area contributed by atoms with Crippen LogP contribution in [0, 0.1) is 17.0 Å². The van der Waals surface area contributed by atoms with Gasteiger partial charge in [-0.25, -0.2) is 13.6 Å². The summed E-state index contributed by atoms with van der Waals surface area (Å²) in [5.74, 6) is -5.33. The number of Topliss-reactive ketones (excluding diaryl/α,β-unsaturated/α-hetero) is 3. The molecule has 53 heavy (non-hydrogen) atoms. The molecule has 1 aliphatic rings. The SMILES string of the molecule is CCCNCc1ccc(-c2cc3nccc(Oc4ccc(CC(=O)C5(C(=O)Cc6ccc(F)cc6)CC5)cc4F)c3s2)nc1.O=C(O)CC(=O)C(=O)O. The van der Waals surface area contributed by atoms with Gasteiger partial charge in [-0.3, -0.25) is 29.1 Å². The number of carboxylic acid groups (broad SMARTS) is 2. The smallest absolute Gasteiger partial charge is 0.372 e. The molecule has 0 radical (unpaired) electrons. The largest absolute Gasteiger partial charge is 0.481 e. The number of pyridine rings is 2. The number of benzene rings is 2. The molecule has 0 amide bonds. The van der Waals surface area contributed by atoms with Crippen molar-refractivity contribution in [2.45, 2.75) is 52.0 Å². The fourth-order valence-corrected chi connectivity index (χ4v) is 6.47. The lowest BCUT2D eigenvalue weighted by Crippen LogP contribution is -2.28. The molecule has 1 fully saturated rings. The Hall–Kier alpha value is -5.73. The average molecular weight is 744 g/mol. The van der Waals surface area contributed by atoms with Crippen molar-refractivity contribution in [3.8, 4) is 22.1 Å².